The summed E-state index contributed by atoms with van der Waals surface area (Å²) in [5.74, 6) is 0. The minimum absolute atomic E-state index is 0.125. The lowest BCUT2D eigenvalue weighted by molar-refractivity contribution is -0.112. The molecule has 2 heteroatoms. The Bertz CT molecular complexity index is 307. The lowest BCUT2D eigenvalue weighted by Crippen LogP contribution is -2.23. The van der Waals surface area contributed by atoms with E-state index in [1.165, 1.54) is 5.56 Å². The van der Waals surface area contributed by atoms with Gasteiger partial charge in [-0.15, -0.1) is 0 Å². The Morgan fingerprint density at radius 1 is 1.36 bits per heavy atom. The molecule has 1 aromatic carbocycles. The molecule has 1 nitrogen and oxygen atoms in total. The van der Waals surface area contributed by atoms with E-state index >= 15 is 0 Å². The second kappa shape index (κ2) is 4.61. The van der Waals surface area contributed by atoms with Crippen molar-refractivity contribution < 1.29 is 4.79 Å². The van der Waals surface area contributed by atoms with Crippen LogP contribution in [0, 0.1) is 0 Å². The number of hydrogen-bond donors (Lipinski definition) is 0. The second-order valence-corrected chi connectivity index (χ2v) is 4.23. The van der Waals surface area contributed by atoms with E-state index in [4.69, 9.17) is 11.6 Å². The third-order valence-electron chi connectivity index (χ3n) is 2.78. The standard InChI is InChI=1S/C12H15ClO/c1-3-12(2,9-11(13)14)10-7-5-4-6-8-10/h4-8H,3,9H2,1-2H3/t12-/m1/s1. The molecule has 0 spiro atoms. The van der Waals surface area contributed by atoms with Gasteiger partial charge in [-0.05, 0) is 23.6 Å². The molecule has 0 N–H and O–H groups in total. The molecule has 0 aliphatic rings. The lowest BCUT2D eigenvalue weighted by atomic mass is 9.78. The van der Waals surface area contributed by atoms with Gasteiger partial charge in [0.2, 0.25) is 5.24 Å². The first-order valence-corrected chi connectivity index (χ1v) is 5.20. The van der Waals surface area contributed by atoms with Gasteiger partial charge in [0.1, 0.15) is 0 Å². The fraction of sp³-hybridized carbons (Fsp3) is 0.417. The molecule has 1 aromatic rings. The Morgan fingerprint density at radius 3 is 2.36 bits per heavy atom. The van der Waals surface area contributed by atoms with Crippen LogP contribution in [-0.4, -0.2) is 5.24 Å². The van der Waals surface area contributed by atoms with Crippen LogP contribution in [0.3, 0.4) is 0 Å². The average Bonchev–Trinajstić information content (AvgIpc) is 2.18. The third-order valence-corrected chi connectivity index (χ3v) is 2.91. The monoisotopic (exact) mass is 210 g/mol. The van der Waals surface area contributed by atoms with E-state index in [0.29, 0.717) is 6.42 Å². The van der Waals surface area contributed by atoms with E-state index in [2.05, 4.69) is 13.8 Å². The normalized spacial score (nSPS) is 14.8. The zero-order valence-corrected chi connectivity index (χ0v) is 9.34. The van der Waals surface area contributed by atoms with Crippen molar-refractivity contribution in [1.29, 1.82) is 0 Å². The predicted octanol–water partition coefficient (Wildman–Crippen LogP) is 3.51. The number of carbonyl (C=O) groups is 1. The van der Waals surface area contributed by atoms with Crippen molar-refractivity contribution in [3.63, 3.8) is 0 Å². The average molecular weight is 211 g/mol. The smallest absolute Gasteiger partial charge is 0.222 e. The molecule has 0 bridgehead atoms. The molecule has 0 fully saturated rings. The van der Waals surface area contributed by atoms with Crippen LogP contribution in [0.2, 0.25) is 0 Å². The van der Waals surface area contributed by atoms with Crippen molar-refractivity contribution in [2.75, 3.05) is 0 Å². The number of halogens is 1. The van der Waals surface area contributed by atoms with Gasteiger partial charge in [0.15, 0.2) is 0 Å². The Labute approximate surface area is 90.1 Å². The van der Waals surface area contributed by atoms with Crippen LogP contribution in [0.4, 0.5) is 0 Å². The summed E-state index contributed by atoms with van der Waals surface area (Å²) < 4.78 is 0. The van der Waals surface area contributed by atoms with Gasteiger partial charge in [-0.3, -0.25) is 4.79 Å². The van der Waals surface area contributed by atoms with Gasteiger partial charge in [0.05, 0.1) is 0 Å². The number of benzene rings is 1. The topological polar surface area (TPSA) is 17.1 Å². The molecule has 0 heterocycles. The number of carbonyl (C=O) groups excluding carboxylic acids is 1. The van der Waals surface area contributed by atoms with Gasteiger partial charge in [0, 0.05) is 11.8 Å². The summed E-state index contributed by atoms with van der Waals surface area (Å²) >= 11 is 5.45. The minimum Gasteiger partial charge on any atom is -0.281 e. The summed E-state index contributed by atoms with van der Waals surface area (Å²) in [4.78, 5) is 11.0. The molecule has 1 rings (SSSR count). The van der Waals surface area contributed by atoms with Crippen molar-refractivity contribution in [1.82, 2.24) is 0 Å². The summed E-state index contributed by atoms with van der Waals surface area (Å²) in [7, 11) is 0. The van der Waals surface area contributed by atoms with E-state index in [1.807, 2.05) is 30.3 Å². The highest BCUT2D eigenvalue weighted by molar-refractivity contribution is 6.63. The quantitative estimate of drug-likeness (QED) is 0.696. The van der Waals surface area contributed by atoms with Crippen LogP contribution in [0.1, 0.15) is 32.3 Å². The van der Waals surface area contributed by atoms with Gasteiger partial charge in [-0.25, -0.2) is 0 Å². The molecule has 0 aliphatic heterocycles. The molecule has 0 unspecified atom stereocenters. The van der Waals surface area contributed by atoms with Gasteiger partial charge in [0.25, 0.3) is 0 Å². The van der Waals surface area contributed by atoms with E-state index in [0.717, 1.165) is 6.42 Å². The summed E-state index contributed by atoms with van der Waals surface area (Å²) in [5.41, 5.74) is 1.05. The first-order chi connectivity index (χ1) is 6.58. The molecule has 0 amide bonds. The van der Waals surface area contributed by atoms with E-state index in [9.17, 15) is 4.79 Å². The maximum atomic E-state index is 11.0. The van der Waals surface area contributed by atoms with Gasteiger partial charge in [-0.1, -0.05) is 44.2 Å². The van der Waals surface area contributed by atoms with Crippen molar-refractivity contribution in [2.24, 2.45) is 0 Å². The fourth-order valence-electron chi connectivity index (χ4n) is 1.58. The predicted molar refractivity (Wildman–Crippen MR) is 59.6 cm³/mol. The maximum absolute atomic E-state index is 11.0. The molecule has 0 aromatic heterocycles. The molecule has 0 aliphatic carbocycles. The lowest BCUT2D eigenvalue weighted by Gasteiger charge is -2.27. The number of rotatable bonds is 4. The Balaban J connectivity index is 2.95. The largest absolute Gasteiger partial charge is 0.281 e. The van der Waals surface area contributed by atoms with Crippen molar-refractivity contribution in [3.8, 4) is 0 Å². The molecular weight excluding hydrogens is 196 g/mol. The molecule has 0 saturated carbocycles. The van der Waals surface area contributed by atoms with Crippen LogP contribution >= 0.6 is 11.6 Å². The Hall–Kier alpha value is -0.820. The van der Waals surface area contributed by atoms with Crippen LogP contribution in [0.5, 0.6) is 0 Å². The van der Waals surface area contributed by atoms with E-state index < -0.39 is 0 Å². The highest BCUT2D eigenvalue weighted by Crippen LogP contribution is 2.31. The van der Waals surface area contributed by atoms with Crippen LogP contribution in [0.25, 0.3) is 0 Å². The number of hydrogen-bond acceptors (Lipinski definition) is 1. The van der Waals surface area contributed by atoms with Crippen LogP contribution in [-0.2, 0) is 10.2 Å². The Kier molecular flexibility index (Phi) is 3.70. The molecular formula is C12H15ClO. The zero-order chi connectivity index (χ0) is 10.6. The van der Waals surface area contributed by atoms with E-state index in [-0.39, 0.29) is 10.7 Å². The SMILES string of the molecule is CC[C@](C)(CC(=O)Cl)c1ccccc1. The first kappa shape index (κ1) is 11.3. The third kappa shape index (κ3) is 2.58. The Morgan fingerprint density at radius 2 is 1.93 bits per heavy atom. The van der Waals surface area contributed by atoms with Crippen molar-refractivity contribution in [2.45, 2.75) is 32.1 Å². The summed E-state index contributed by atoms with van der Waals surface area (Å²) in [6.07, 6.45) is 1.31. The van der Waals surface area contributed by atoms with Gasteiger partial charge < -0.3 is 0 Å². The first-order valence-electron chi connectivity index (χ1n) is 4.82. The molecule has 0 radical (unpaired) electrons. The second-order valence-electron chi connectivity index (χ2n) is 3.81. The summed E-state index contributed by atoms with van der Waals surface area (Å²) in [6, 6.07) is 10.0. The van der Waals surface area contributed by atoms with Crippen molar-refractivity contribution in [3.05, 3.63) is 35.9 Å². The zero-order valence-electron chi connectivity index (χ0n) is 8.59. The molecule has 76 valence electrons. The van der Waals surface area contributed by atoms with Gasteiger partial charge in [-0.2, -0.15) is 0 Å². The summed E-state index contributed by atoms with van der Waals surface area (Å²) in [5, 5.41) is -0.266. The van der Waals surface area contributed by atoms with Crippen molar-refractivity contribution >= 4 is 16.8 Å². The minimum atomic E-state index is -0.266. The van der Waals surface area contributed by atoms with Crippen LogP contribution in [0.15, 0.2) is 30.3 Å². The highest BCUT2D eigenvalue weighted by Gasteiger charge is 2.26. The van der Waals surface area contributed by atoms with Crippen LogP contribution < -0.4 is 0 Å². The highest BCUT2D eigenvalue weighted by atomic mass is 35.5. The van der Waals surface area contributed by atoms with E-state index in [1.54, 1.807) is 0 Å². The molecule has 14 heavy (non-hydrogen) atoms. The molecule has 1 atom stereocenters. The maximum Gasteiger partial charge on any atom is 0.222 e. The molecule has 0 saturated heterocycles. The van der Waals surface area contributed by atoms with Gasteiger partial charge >= 0.3 is 0 Å². The summed E-state index contributed by atoms with van der Waals surface area (Å²) in [6.45, 7) is 4.15. The fourth-order valence-corrected chi connectivity index (χ4v) is 1.87.